The van der Waals surface area contributed by atoms with Crippen molar-refractivity contribution in [2.24, 2.45) is 28.1 Å². The minimum atomic E-state index is -0.0890. The van der Waals surface area contributed by atoms with Gasteiger partial charge < -0.3 is 4.74 Å². The minimum Gasteiger partial charge on any atom is -0.465 e. The normalized spacial score (nSPS) is 11.7. The first-order chi connectivity index (χ1) is 12.8. The second-order valence-corrected chi connectivity index (χ2v) is 12.8. The zero-order valence-electron chi connectivity index (χ0n) is 22.9. The fourth-order valence-electron chi connectivity index (χ4n) is 2.87. The van der Waals surface area contributed by atoms with Crippen molar-refractivity contribution in [3.63, 3.8) is 0 Å². The molecule has 0 N–H and O–H groups in total. The Labute approximate surface area is 193 Å². The lowest BCUT2D eigenvalue weighted by molar-refractivity contribution is -0.147. The number of hydrogen-bond donors (Lipinski definition) is 0. The Hall–Kier alpha value is -0.530. The molecule has 0 aromatic rings. The SMILES string of the molecule is C.CC(C)C(=O)OCCCC(C)(C)C.CC(C)CC(C)(C)C.CCCCC(C)(C)C. The standard InChI is InChI=1S/C11H22O2.2C8H18.CH4/c1-9(2)10(12)13-8-6-7-11(3,4)5;1-7(2)6-8(3,4)5;1-5-6-7-8(2,3)4;/h9H,6-8H2,1-5H3;7H,6H2,1-5H3;5-7H2,1-4H3;1H4. The van der Waals surface area contributed by atoms with E-state index in [1.165, 1.54) is 25.7 Å². The summed E-state index contributed by atoms with van der Waals surface area (Å²) in [5.41, 5.74) is 1.41. The van der Waals surface area contributed by atoms with Crippen molar-refractivity contribution in [1.82, 2.24) is 0 Å². The summed E-state index contributed by atoms with van der Waals surface area (Å²) in [6, 6.07) is 0. The minimum absolute atomic E-state index is 0. The Morgan fingerprint density at radius 3 is 1.33 bits per heavy atom. The molecular weight excluding hydrogens is 368 g/mol. The summed E-state index contributed by atoms with van der Waals surface area (Å²) >= 11 is 0. The van der Waals surface area contributed by atoms with Crippen LogP contribution < -0.4 is 0 Å². The van der Waals surface area contributed by atoms with Gasteiger partial charge in [0.25, 0.3) is 0 Å². The zero-order valence-corrected chi connectivity index (χ0v) is 22.9. The van der Waals surface area contributed by atoms with Crippen molar-refractivity contribution in [1.29, 1.82) is 0 Å². The van der Waals surface area contributed by atoms with Gasteiger partial charge in [-0.25, -0.2) is 0 Å². The van der Waals surface area contributed by atoms with Gasteiger partial charge in [0, 0.05) is 0 Å². The van der Waals surface area contributed by atoms with Crippen LogP contribution in [0.5, 0.6) is 0 Å². The second kappa shape index (κ2) is 18.1. The van der Waals surface area contributed by atoms with Crippen LogP contribution in [0.25, 0.3) is 0 Å². The average Bonchev–Trinajstić information content (AvgIpc) is 2.46. The zero-order chi connectivity index (χ0) is 23.9. The fraction of sp³-hybridized carbons (Fsp3) is 0.964. The smallest absolute Gasteiger partial charge is 0.308 e. The van der Waals surface area contributed by atoms with Crippen molar-refractivity contribution in [2.75, 3.05) is 6.61 Å². The number of carbonyl (C=O) groups excluding carboxylic acids is 1. The predicted octanol–water partition coefficient (Wildman–Crippen LogP) is 9.95. The number of ether oxygens (including phenoxy) is 1. The monoisotopic (exact) mass is 430 g/mol. The van der Waals surface area contributed by atoms with Crippen LogP contribution in [0.1, 0.15) is 143 Å². The molecular formula is C28H62O2. The maximum atomic E-state index is 11.0. The van der Waals surface area contributed by atoms with Gasteiger partial charge in [-0.05, 0) is 47.8 Å². The lowest BCUT2D eigenvalue weighted by Gasteiger charge is -2.19. The van der Waals surface area contributed by atoms with Crippen LogP contribution in [-0.4, -0.2) is 12.6 Å². The number of hydrogen-bond acceptors (Lipinski definition) is 2. The van der Waals surface area contributed by atoms with Crippen molar-refractivity contribution in [3.8, 4) is 0 Å². The van der Waals surface area contributed by atoms with E-state index >= 15 is 0 Å². The quantitative estimate of drug-likeness (QED) is 0.296. The second-order valence-electron chi connectivity index (χ2n) is 12.8. The summed E-state index contributed by atoms with van der Waals surface area (Å²) in [5, 5.41) is 0. The first kappa shape index (κ1) is 36.8. The maximum Gasteiger partial charge on any atom is 0.308 e. The van der Waals surface area contributed by atoms with Crippen LogP contribution in [0, 0.1) is 28.1 Å². The van der Waals surface area contributed by atoms with Crippen molar-refractivity contribution >= 4 is 5.97 Å². The van der Waals surface area contributed by atoms with Crippen LogP contribution in [0.15, 0.2) is 0 Å². The Morgan fingerprint density at radius 1 is 0.733 bits per heavy atom. The molecule has 0 amide bonds. The summed E-state index contributed by atoms with van der Waals surface area (Å²) in [4.78, 5) is 11.0. The van der Waals surface area contributed by atoms with Crippen LogP contribution >= 0.6 is 0 Å². The van der Waals surface area contributed by atoms with Gasteiger partial charge >= 0.3 is 5.97 Å². The third kappa shape index (κ3) is 41.8. The number of unbranched alkanes of at least 4 members (excludes halogenated alkanes) is 1. The number of carbonyl (C=O) groups is 1. The van der Waals surface area contributed by atoms with Crippen LogP contribution in [0.2, 0.25) is 0 Å². The topological polar surface area (TPSA) is 26.3 Å². The van der Waals surface area contributed by atoms with Crippen LogP contribution in [0.4, 0.5) is 0 Å². The van der Waals surface area contributed by atoms with Gasteiger partial charge in [0.05, 0.1) is 12.5 Å². The first-order valence-corrected chi connectivity index (χ1v) is 12.0. The highest BCUT2D eigenvalue weighted by atomic mass is 16.5. The van der Waals surface area contributed by atoms with Crippen LogP contribution in [-0.2, 0) is 9.53 Å². The maximum absolute atomic E-state index is 11.0. The lowest BCUT2D eigenvalue weighted by atomic mass is 9.86. The fourth-order valence-corrected chi connectivity index (χ4v) is 2.87. The molecule has 0 fully saturated rings. The highest BCUT2D eigenvalue weighted by molar-refractivity contribution is 5.71. The summed E-state index contributed by atoms with van der Waals surface area (Å²) in [6.45, 7) is 31.4. The van der Waals surface area contributed by atoms with Gasteiger partial charge in [-0.2, -0.15) is 0 Å². The summed E-state index contributed by atoms with van der Waals surface area (Å²) < 4.78 is 5.06. The Morgan fingerprint density at radius 2 is 1.13 bits per heavy atom. The largest absolute Gasteiger partial charge is 0.465 e. The molecule has 2 nitrogen and oxygen atoms in total. The molecule has 0 atom stereocenters. The molecule has 0 aromatic carbocycles. The molecule has 0 radical (unpaired) electrons. The third-order valence-corrected chi connectivity index (χ3v) is 4.09. The summed E-state index contributed by atoms with van der Waals surface area (Å²) in [7, 11) is 0. The summed E-state index contributed by atoms with van der Waals surface area (Å²) in [5.74, 6) is 0.749. The van der Waals surface area contributed by atoms with E-state index in [2.05, 4.69) is 83.1 Å². The van der Waals surface area contributed by atoms with Gasteiger partial charge in [-0.1, -0.05) is 117 Å². The molecule has 0 heterocycles. The van der Waals surface area contributed by atoms with Gasteiger partial charge in [-0.3, -0.25) is 4.79 Å². The summed E-state index contributed by atoms with van der Waals surface area (Å²) in [6.07, 6.45) is 7.46. The van der Waals surface area contributed by atoms with E-state index in [0.29, 0.717) is 22.9 Å². The molecule has 0 aliphatic rings. The van der Waals surface area contributed by atoms with Gasteiger partial charge in [-0.15, -0.1) is 0 Å². The van der Waals surface area contributed by atoms with Gasteiger partial charge in [0.1, 0.15) is 0 Å². The molecule has 30 heavy (non-hydrogen) atoms. The Balaban J connectivity index is -0.000000174. The molecule has 0 saturated carbocycles. The van der Waals surface area contributed by atoms with Gasteiger partial charge in [0.15, 0.2) is 0 Å². The number of rotatable bonds is 7. The molecule has 2 heteroatoms. The van der Waals surface area contributed by atoms with E-state index in [1.54, 1.807) is 0 Å². The van der Waals surface area contributed by atoms with E-state index in [4.69, 9.17) is 4.74 Å². The molecule has 0 bridgehead atoms. The first-order valence-electron chi connectivity index (χ1n) is 12.0. The average molecular weight is 431 g/mol. The lowest BCUT2D eigenvalue weighted by Crippen LogP contribution is -2.14. The van der Waals surface area contributed by atoms with Crippen molar-refractivity contribution in [2.45, 2.75) is 143 Å². The Bertz CT molecular complexity index is 373. The highest BCUT2D eigenvalue weighted by Gasteiger charge is 2.12. The third-order valence-electron chi connectivity index (χ3n) is 4.09. The van der Waals surface area contributed by atoms with E-state index < -0.39 is 0 Å². The molecule has 0 aliphatic carbocycles. The molecule has 186 valence electrons. The van der Waals surface area contributed by atoms with Crippen molar-refractivity contribution < 1.29 is 9.53 Å². The van der Waals surface area contributed by atoms with Gasteiger partial charge in [0.2, 0.25) is 0 Å². The van der Waals surface area contributed by atoms with E-state index in [1.807, 2.05) is 13.8 Å². The van der Waals surface area contributed by atoms with E-state index in [9.17, 15) is 4.79 Å². The molecule has 0 saturated heterocycles. The molecule has 0 spiro atoms. The Kier molecular flexibility index (Phi) is 22.2. The molecule has 0 aliphatic heterocycles. The van der Waals surface area contributed by atoms with Crippen LogP contribution in [0.3, 0.4) is 0 Å². The predicted molar refractivity (Wildman–Crippen MR) is 139 cm³/mol. The molecule has 0 unspecified atom stereocenters. The number of esters is 1. The van der Waals surface area contributed by atoms with E-state index in [-0.39, 0.29) is 19.3 Å². The van der Waals surface area contributed by atoms with E-state index in [0.717, 1.165) is 18.8 Å². The highest BCUT2D eigenvalue weighted by Crippen LogP contribution is 2.23. The molecule has 0 rings (SSSR count). The molecule has 0 aromatic heterocycles. The van der Waals surface area contributed by atoms with Crippen molar-refractivity contribution in [3.05, 3.63) is 0 Å².